The molecule has 0 aliphatic carbocycles. The molecule has 152 valence electrons. The van der Waals surface area contributed by atoms with E-state index in [9.17, 15) is 14.0 Å². The number of benzene rings is 2. The Morgan fingerprint density at radius 1 is 1.20 bits per heavy atom. The van der Waals surface area contributed by atoms with E-state index in [2.05, 4.69) is 27.2 Å². The number of hydrogen-bond donors (Lipinski definition) is 2. The van der Waals surface area contributed by atoms with E-state index in [-0.39, 0.29) is 23.7 Å². The third-order valence-corrected chi connectivity index (χ3v) is 4.97. The van der Waals surface area contributed by atoms with Gasteiger partial charge < -0.3 is 15.5 Å². The number of hydrogen-bond acceptors (Lipinski definition) is 5. The first kappa shape index (κ1) is 19.5. The summed E-state index contributed by atoms with van der Waals surface area (Å²) in [5, 5.41) is 6.25. The smallest absolute Gasteiger partial charge is 0.253 e. The van der Waals surface area contributed by atoms with Gasteiger partial charge in [0.25, 0.3) is 5.91 Å². The molecule has 4 rings (SSSR count). The van der Waals surface area contributed by atoms with Crippen LogP contribution in [0.3, 0.4) is 0 Å². The Hall–Kier alpha value is -3.81. The number of aromatic nitrogens is 2. The largest absolute Gasteiger partial charge is 0.350 e. The maximum atomic E-state index is 13.8. The molecule has 0 spiro atoms. The van der Waals surface area contributed by atoms with Crippen molar-refractivity contribution in [1.29, 1.82) is 0 Å². The number of nitrogens with zero attached hydrogens (tertiary/aromatic N) is 3. The van der Waals surface area contributed by atoms with Crippen LogP contribution in [0, 0.1) is 5.82 Å². The van der Waals surface area contributed by atoms with Gasteiger partial charge in [0.2, 0.25) is 11.9 Å². The summed E-state index contributed by atoms with van der Waals surface area (Å²) in [5.74, 6) is -0.329. The number of likely N-dealkylation sites (tertiary alicyclic amines) is 1. The van der Waals surface area contributed by atoms with Crippen molar-refractivity contribution in [2.24, 2.45) is 0 Å². The van der Waals surface area contributed by atoms with E-state index in [4.69, 9.17) is 0 Å². The van der Waals surface area contributed by atoms with Crippen LogP contribution in [0.5, 0.6) is 0 Å². The molecule has 1 fully saturated rings. The summed E-state index contributed by atoms with van der Waals surface area (Å²) >= 11 is 0. The molecular formula is C22H20FN5O2. The van der Waals surface area contributed by atoms with Crippen LogP contribution >= 0.6 is 0 Å². The van der Waals surface area contributed by atoms with Gasteiger partial charge in [-0.05, 0) is 48.9 Å². The molecule has 0 unspecified atom stereocenters. The van der Waals surface area contributed by atoms with Gasteiger partial charge in [-0.1, -0.05) is 12.6 Å². The van der Waals surface area contributed by atoms with Crippen LogP contribution in [0.15, 0.2) is 61.3 Å². The van der Waals surface area contributed by atoms with Crippen LogP contribution < -0.4 is 10.6 Å². The Bertz CT molecular complexity index is 1120. The molecule has 0 bridgehead atoms. The standard InChI is InChI=1S/C22H20FN5O2/c1-2-20(29)25-15-8-6-14(7-9-15)21(30)28-11-10-16(13-28)26-22-24-12-17-18(23)4-3-5-19(17)27-22/h2-9,12,16H,1,10-11,13H2,(H,25,29)(H,24,26,27)/t16-/m1/s1. The fraction of sp³-hybridized carbons (Fsp3) is 0.182. The summed E-state index contributed by atoms with van der Waals surface area (Å²) in [6.07, 6.45) is 3.40. The highest BCUT2D eigenvalue weighted by Crippen LogP contribution is 2.20. The number of nitrogens with one attached hydrogen (secondary N) is 2. The Labute approximate surface area is 172 Å². The molecule has 1 saturated heterocycles. The van der Waals surface area contributed by atoms with Crippen molar-refractivity contribution in [2.75, 3.05) is 23.7 Å². The zero-order valence-electron chi connectivity index (χ0n) is 16.1. The van der Waals surface area contributed by atoms with Gasteiger partial charge in [0.05, 0.1) is 10.9 Å². The van der Waals surface area contributed by atoms with Crippen LogP contribution in [0.1, 0.15) is 16.8 Å². The maximum absolute atomic E-state index is 13.8. The molecule has 2 heterocycles. The molecule has 1 aromatic heterocycles. The van der Waals surface area contributed by atoms with Crippen LogP contribution in [-0.4, -0.2) is 45.8 Å². The molecule has 1 atom stereocenters. The van der Waals surface area contributed by atoms with E-state index in [1.165, 1.54) is 18.3 Å². The van der Waals surface area contributed by atoms with Gasteiger partial charge in [-0.25, -0.2) is 14.4 Å². The van der Waals surface area contributed by atoms with Crippen molar-refractivity contribution in [1.82, 2.24) is 14.9 Å². The molecule has 8 heteroatoms. The van der Waals surface area contributed by atoms with E-state index in [1.54, 1.807) is 41.3 Å². The predicted octanol–water partition coefficient (Wildman–Crippen LogP) is 3.22. The van der Waals surface area contributed by atoms with Crippen molar-refractivity contribution in [3.63, 3.8) is 0 Å². The minimum Gasteiger partial charge on any atom is -0.350 e. The lowest BCUT2D eigenvalue weighted by molar-refractivity contribution is -0.111. The van der Waals surface area contributed by atoms with Gasteiger partial charge in [0.15, 0.2) is 0 Å². The van der Waals surface area contributed by atoms with Crippen LogP contribution in [0.2, 0.25) is 0 Å². The number of carbonyl (C=O) groups is 2. The average Bonchev–Trinajstić information content (AvgIpc) is 3.22. The number of rotatable bonds is 5. The third-order valence-electron chi connectivity index (χ3n) is 4.97. The highest BCUT2D eigenvalue weighted by atomic mass is 19.1. The number of carbonyl (C=O) groups excluding carboxylic acids is 2. The summed E-state index contributed by atoms with van der Waals surface area (Å²) in [5.41, 5.74) is 1.68. The maximum Gasteiger partial charge on any atom is 0.253 e. The Morgan fingerprint density at radius 2 is 2.00 bits per heavy atom. The minimum absolute atomic E-state index is 0.00566. The lowest BCUT2D eigenvalue weighted by Gasteiger charge is -2.17. The second-order valence-electron chi connectivity index (χ2n) is 7.02. The zero-order valence-corrected chi connectivity index (χ0v) is 16.1. The molecule has 2 amide bonds. The van der Waals surface area contributed by atoms with Crippen molar-refractivity contribution in [3.05, 3.63) is 72.7 Å². The van der Waals surface area contributed by atoms with Crippen molar-refractivity contribution in [2.45, 2.75) is 12.5 Å². The lowest BCUT2D eigenvalue weighted by atomic mass is 10.2. The van der Waals surface area contributed by atoms with Gasteiger partial charge in [-0.3, -0.25) is 9.59 Å². The third kappa shape index (κ3) is 4.12. The Kier molecular flexibility index (Phi) is 5.38. The number of anilines is 2. The molecule has 1 aliphatic rings. The summed E-state index contributed by atoms with van der Waals surface area (Å²) in [7, 11) is 0. The molecule has 1 aliphatic heterocycles. The Morgan fingerprint density at radius 3 is 2.77 bits per heavy atom. The van der Waals surface area contributed by atoms with Crippen LogP contribution in [0.25, 0.3) is 10.9 Å². The molecule has 7 nitrogen and oxygen atoms in total. The zero-order chi connectivity index (χ0) is 21.1. The molecule has 30 heavy (non-hydrogen) atoms. The lowest BCUT2D eigenvalue weighted by Crippen LogP contribution is -2.31. The Balaban J connectivity index is 1.38. The van der Waals surface area contributed by atoms with E-state index in [0.29, 0.717) is 41.2 Å². The normalized spacial score (nSPS) is 15.8. The SMILES string of the molecule is C=CC(=O)Nc1ccc(C(=O)N2CC[C@@H](Nc3ncc4c(F)cccc4n3)C2)cc1. The van der Waals surface area contributed by atoms with Crippen molar-refractivity contribution in [3.8, 4) is 0 Å². The van der Waals surface area contributed by atoms with E-state index < -0.39 is 0 Å². The van der Waals surface area contributed by atoms with Gasteiger partial charge in [-0.15, -0.1) is 0 Å². The second-order valence-corrected chi connectivity index (χ2v) is 7.02. The average molecular weight is 405 g/mol. The molecule has 2 N–H and O–H groups in total. The monoisotopic (exact) mass is 405 g/mol. The first-order chi connectivity index (χ1) is 14.5. The number of fused-ring (bicyclic) bond motifs is 1. The summed E-state index contributed by atoms with van der Waals surface area (Å²) in [6, 6.07) is 11.5. The minimum atomic E-state index is -0.355. The topological polar surface area (TPSA) is 87.2 Å². The highest BCUT2D eigenvalue weighted by Gasteiger charge is 2.27. The fourth-order valence-corrected chi connectivity index (χ4v) is 3.41. The first-order valence-electron chi connectivity index (χ1n) is 9.54. The first-order valence-corrected chi connectivity index (χ1v) is 9.54. The van der Waals surface area contributed by atoms with Gasteiger partial charge in [0, 0.05) is 36.6 Å². The summed E-state index contributed by atoms with van der Waals surface area (Å²) in [6.45, 7) is 4.52. The molecule has 2 aromatic carbocycles. The molecule has 0 saturated carbocycles. The molecule has 0 radical (unpaired) electrons. The summed E-state index contributed by atoms with van der Waals surface area (Å²) in [4.78, 5) is 34.4. The molecular weight excluding hydrogens is 385 g/mol. The predicted molar refractivity (Wildman–Crippen MR) is 113 cm³/mol. The quantitative estimate of drug-likeness (QED) is 0.637. The van der Waals surface area contributed by atoms with E-state index in [0.717, 1.165) is 6.42 Å². The van der Waals surface area contributed by atoms with Crippen molar-refractivity contribution < 1.29 is 14.0 Å². The van der Waals surface area contributed by atoms with Crippen LogP contribution in [-0.2, 0) is 4.79 Å². The van der Waals surface area contributed by atoms with E-state index >= 15 is 0 Å². The second kappa shape index (κ2) is 8.28. The highest BCUT2D eigenvalue weighted by molar-refractivity contribution is 5.99. The number of halogens is 1. The van der Waals surface area contributed by atoms with Gasteiger partial charge in [0.1, 0.15) is 5.82 Å². The number of amides is 2. The fourth-order valence-electron chi connectivity index (χ4n) is 3.41. The molecule has 3 aromatic rings. The van der Waals surface area contributed by atoms with Crippen LogP contribution in [0.4, 0.5) is 16.0 Å². The van der Waals surface area contributed by atoms with Gasteiger partial charge >= 0.3 is 0 Å². The van der Waals surface area contributed by atoms with Gasteiger partial charge in [-0.2, -0.15) is 0 Å². The summed E-state index contributed by atoms with van der Waals surface area (Å²) < 4.78 is 13.8. The van der Waals surface area contributed by atoms with E-state index in [1.807, 2.05) is 0 Å². The van der Waals surface area contributed by atoms with Crippen molar-refractivity contribution >= 4 is 34.4 Å².